The standard InChI is InChI=1S/C61H109NO5/c1-9-12-14-16-17-22-30-52(29-21-15-13-10-2)66-58(64)31-23-18-19-25-43-62(45-27-28-46-63)44-26-20-24-32-59(65)67-53-39-41-60(7)51(47-53)35-36-54-56-38-37-55(61(56,8)42-40-57(54)60)49(6)33-34-50(11-3)48(4)5/h33-35,48-50,52-57,63H,9-32,36-47H2,1-8H3/b34-33+. The van der Waals surface area contributed by atoms with Crippen LogP contribution >= 0.6 is 0 Å². The first kappa shape index (κ1) is 57.9. The summed E-state index contributed by atoms with van der Waals surface area (Å²) in [5.41, 5.74) is 2.33. The summed E-state index contributed by atoms with van der Waals surface area (Å²) in [6, 6.07) is 0. The van der Waals surface area contributed by atoms with E-state index >= 15 is 0 Å². The molecule has 0 aromatic rings. The normalized spacial score (nSPS) is 27.4. The van der Waals surface area contributed by atoms with Gasteiger partial charge < -0.3 is 19.5 Å². The van der Waals surface area contributed by atoms with Crippen molar-refractivity contribution in [3.63, 3.8) is 0 Å². The van der Waals surface area contributed by atoms with Crippen LogP contribution in [0.3, 0.4) is 0 Å². The van der Waals surface area contributed by atoms with Gasteiger partial charge in [0.15, 0.2) is 0 Å². The summed E-state index contributed by atoms with van der Waals surface area (Å²) in [6.45, 7) is 22.7. The number of aliphatic hydroxyl groups excluding tert-OH is 1. The van der Waals surface area contributed by atoms with Gasteiger partial charge in [0.25, 0.3) is 0 Å². The van der Waals surface area contributed by atoms with E-state index in [1.54, 1.807) is 5.57 Å². The van der Waals surface area contributed by atoms with E-state index in [1.165, 1.54) is 103 Å². The molecule has 6 heteroatoms. The molecule has 4 aliphatic carbocycles. The predicted molar refractivity (Wildman–Crippen MR) is 283 cm³/mol. The van der Waals surface area contributed by atoms with Gasteiger partial charge in [-0.1, -0.05) is 150 Å². The Morgan fingerprint density at radius 1 is 0.701 bits per heavy atom. The van der Waals surface area contributed by atoms with Crippen LogP contribution in [0.15, 0.2) is 23.8 Å². The molecule has 3 fully saturated rings. The van der Waals surface area contributed by atoms with Crippen molar-refractivity contribution in [2.75, 3.05) is 26.2 Å². The number of fused-ring (bicyclic) bond motifs is 5. The molecule has 0 aromatic heterocycles. The molecule has 0 aliphatic heterocycles. The molecule has 0 aromatic carbocycles. The second-order valence-electron chi connectivity index (χ2n) is 23.7. The number of nitrogens with zero attached hydrogens (tertiary/aromatic N) is 1. The first-order valence-electron chi connectivity index (χ1n) is 29.5. The summed E-state index contributed by atoms with van der Waals surface area (Å²) >= 11 is 0. The summed E-state index contributed by atoms with van der Waals surface area (Å²) in [5.74, 6) is 5.30. The smallest absolute Gasteiger partial charge is 0.306 e. The van der Waals surface area contributed by atoms with Gasteiger partial charge in [0.05, 0.1) is 0 Å². The third kappa shape index (κ3) is 18.8. The minimum Gasteiger partial charge on any atom is -0.462 e. The Labute approximate surface area is 414 Å². The first-order chi connectivity index (χ1) is 32.4. The minimum atomic E-state index is -0.000812. The highest BCUT2D eigenvalue weighted by Crippen LogP contribution is 2.67. The maximum atomic E-state index is 13.2. The summed E-state index contributed by atoms with van der Waals surface area (Å²) in [4.78, 5) is 28.6. The molecule has 1 N–H and O–H groups in total. The third-order valence-electron chi connectivity index (χ3n) is 18.5. The Bertz CT molecular complexity index is 1420. The van der Waals surface area contributed by atoms with E-state index in [9.17, 15) is 14.7 Å². The lowest BCUT2D eigenvalue weighted by Gasteiger charge is -2.58. The average molecular weight is 937 g/mol. The van der Waals surface area contributed by atoms with Crippen LogP contribution in [-0.2, 0) is 19.1 Å². The third-order valence-corrected chi connectivity index (χ3v) is 18.5. The van der Waals surface area contributed by atoms with Crippen LogP contribution in [-0.4, -0.2) is 60.4 Å². The van der Waals surface area contributed by atoms with Crippen molar-refractivity contribution < 1.29 is 24.2 Å². The van der Waals surface area contributed by atoms with Gasteiger partial charge >= 0.3 is 11.9 Å². The lowest BCUT2D eigenvalue weighted by molar-refractivity contribution is -0.152. The molecule has 0 heterocycles. The molecule has 0 bridgehead atoms. The highest BCUT2D eigenvalue weighted by molar-refractivity contribution is 5.69. The van der Waals surface area contributed by atoms with E-state index in [0.717, 1.165) is 133 Å². The van der Waals surface area contributed by atoms with E-state index in [1.807, 2.05) is 0 Å². The zero-order valence-electron chi connectivity index (χ0n) is 45.4. The number of carbonyl (C=O) groups excluding carboxylic acids is 2. The number of ether oxygens (including phenoxy) is 2. The zero-order valence-corrected chi connectivity index (χ0v) is 45.4. The maximum absolute atomic E-state index is 13.2. The number of unbranched alkanes of at least 4 members (excludes halogenated alkanes) is 14. The van der Waals surface area contributed by atoms with Crippen LogP contribution in [0.25, 0.3) is 0 Å². The number of hydrogen-bond donors (Lipinski definition) is 1. The van der Waals surface area contributed by atoms with Crippen molar-refractivity contribution in [2.24, 2.45) is 52.3 Å². The molecule has 3 saturated carbocycles. The van der Waals surface area contributed by atoms with E-state index < -0.39 is 0 Å². The number of hydrogen-bond acceptors (Lipinski definition) is 6. The molecule has 0 saturated heterocycles. The lowest BCUT2D eigenvalue weighted by atomic mass is 9.47. The van der Waals surface area contributed by atoms with Crippen molar-refractivity contribution in [1.29, 1.82) is 0 Å². The van der Waals surface area contributed by atoms with Gasteiger partial charge in [-0.3, -0.25) is 9.59 Å². The van der Waals surface area contributed by atoms with Gasteiger partial charge in [0, 0.05) is 25.9 Å². The second-order valence-corrected chi connectivity index (χ2v) is 23.7. The van der Waals surface area contributed by atoms with Crippen LogP contribution < -0.4 is 0 Å². The summed E-state index contributed by atoms with van der Waals surface area (Å²) in [7, 11) is 0. The fourth-order valence-electron chi connectivity index (χ4n) is 14.1. The molecule has 67 heavy (non-hydrogen) atoms. The number of rotatable bonds is 36. The van der Waals surface area contributed by atoms with Crippen LogP contribution in [0.1, 0.15) is 261 Å². The molecule has 388 valence electrons. The molecule has 0 radical (unpaired) electrons. The Balaban J connectivity index is 1.12. The molecule has 0 spiro atoms. The Morgan fingerprint density at radius 2 is 1.30 bits per heavy atom. The highest BCUT2D eigenvalue weighted by Gasteiger charge is 2.59. The van der Waals surface area contributed by atoms with E-state index in [-0.39, 0.29) is 36.2 Å². The van der Waals surface area contributed by atoms with Crippen LogP contribution in [0.4, 0.5) is 0 Å². The second kappa shape index (κ2) is 31.6. The summed E-state index contributed by atoms with van der Waals surface area (Å²) in [6.07, 6.45) is 43.8. The number of carbonyl (C=O) groups is 2. The van der Waals surface area contributed by atoms with Gasteiger partial charge in [-0.2, -0.15) is 0 Å². The Kier molecular flexibility index (Phi) is 27.3. The van der Waals surface area contributed by atoms with Crippen LogP contribution in [0.2, 0.25) is 0 Å². The molecule has 6 nitrogen and oxygen atoms in total. The fourth-order valence-corrected chi connectivity index (χ4v) is 14.1. The molecule has 0 amide bonds. The molecule has 4 rings (SSSR count). The van der Waals surface area contributed by atoms with E-state index in [4.69, 9.17) is 9.47 Å². The monoisotopic (exact) mass is 936 g/mol. The van der Waals surface area contributed by atoms with Gasteiger partial charge in [0.2, 0.25) is 0 Å². The van der Waals surface area contributed by atoms with Crippen molar-refractivity contribution in [1.82, 2.24) is 4.90 Å². The summed E-state index contributed by atoms with van der Waals surface area (Å²) < 4.78 is 12.3. The van der Waals surface area contributed by atoms with Crippen LogP contribution in [0, 0.1) is 52.3 Å². The molecular formula is C61H109NO5. The van der Waals surface area contributed by atoms with Gasteiger partial charge in [0.1, 0.15) is 12.2 Å². The van der Waals surface area contributed by atoms with Crippen molar-refractivity contribution >= 4 is 11.9 Å². The van der Waals surface area contributed by atoms with Crippen molar-refractivity contribution in [3.8, 4) is 0 Å². The lowest BCUT2D eigenvalue weighted by Crippen LogP contribution is -2.51. The van der Waals surface area contributed by atoms with Crippen molar-refractivity contribution in [2.45, 2.75) is 273 Å². The molecule has 4 aliphatic rings. The Hall–Kier alpha value is -1.66. The van der Waals surface area contributed by atoms with Gasteiger partial charge in [-0.15, -0.1) is 0 Å². The fraction of sp³-hybridized carbons (Fsp3) is 0.902. The molecule has 10 atom stereocenters. The van der Waals surface area contributed by atoms with E-state index in [0.29, 0.717) is 36.0 Å². The van der Waals surface area contributed by atoms with Gasteiger partial charge in [-0.25, -0.2) is 0 Å². The number of aliphatic hydroxyl groups is 1. The Morgan fingerprint density at radius 3 is 1.96 bits per heavy atom. The van der Waals surface area contributed by atoms with Crippen LogP contribution in [0.5, 0.6) is 0 Å². The maximum Gasteiger partial charge on any atom is 0.306 e. The molecular weight excluding hydrogens is 827 g/mol. The van der Waals surface area contributed by atoms with E-state index in [2.05, 4.69) is 78.5 Å². The number of esters is 2. The van der Waals surface area contributed by atoms with Crippen molar-refractivity contribution in [3.05, 3.63) is 23.8 Å². The van der Waals surface area contributed by atoms with Gasteiger partial charge in [-0.05, 0) is 187 Å². The molecule has 10 unspecified atom stereocenters. The first-order valence-corrected chi connectivity index (χ1v) is 29.5. The largest absolute Gasteiger partial charge is 0.462 e. The topological polar surface area (TPSA) is 76.1 Å². The quantitative estimate of drug-likeness (QED) is 0.0383. The highest BCUT2D eigenvalue weighted by atomic mass is 16.5. The zero-order chi connectivity index (χ0) is 48.5. The average Bonchev–Trinajstić information content (AvgIpc) is 3.67. The predicted octanol–water partition coefficient (Wildman–Crippen LogP) is 16.6. The SMILES string of the molecule is CCCCCCCCC(CCCCCC)OC(=O)CCCCCCN(CCCCO)CCCCCC(=O)OC1CCC2(C)C(=CCC3C2CCC2(C)C(C(C)/C=C/C(CC)C(C)C)CCC32)C1. The summed E-state index contributed by atoms with van der Waals surface area (Å²) in [5, 5.41) is 9.43. The number of allylic oxidation sites excluding steroid dienone is 3. The minimum absolute atomic E-state index is 0.000812.